The lowest BCUT2D eigenvalue weighted by atomic mass is 10.1. The molecule has 0 spiro atoms. The summed E-state index contributed by atoms with van der Waals surface area (Å²) in [5.74, 6) is 0.517. The van der Waals surface area contributed by atoms with Crippen LogP contribution in [0.3, 0.4) is 0 Å². The lowest BCUT2D eigenvalue weighted by molar-refractivity contribution is -0.139. The number of thioether (sulfide) groups is 1. The smallest absolute Gasteiger partial charge is 0.318 e. The van der Waals surface area contributed by atoms with Crippen molar-refractivity contribution in [1.29, 1.82) is 0 Å². The first-order valence-electron chi connectivity index (χ1n) is 6.24. The van der Waals surface area contributed by atoms with E-state index < -0.39 is 0 Å². The first kappa shape index (κ1) is 14.6. The van der Waals surface area contributed by atoms with Gasteiger partial charge in [-0.05, 0) is 19.9 Å². The molecule has 2 aromatic rings. The van der Waals surface area contributed by atoms with Crippen LogP contribution in [0, 0.1) is 6.92 Å². The van der Waals surface area contributed by atoms with Gasteiger partial charge in [-0.25, -0.2) is 0 Å². The maximum Gasteiger partial charge on any atom is 0.318 e. The Morgan fingerprint density at radius 1 is 1.40 bits per heavy atom. The third-order valence-electron chi connectivity index (χ3n) is 2.93. The van der Waals surface area contributed by atoms with Gasteiger partial charge in [-0.3, -0.25) is 4.79 Å². The van der Waals surface area contributed by atoms with E-state index in [0.717, 1.165) is 11.4 Å². The van der Waals surface area contributed by atoms with Gasteiger partial charge in [0.15, 0.2) is 11.0 Å². The van der Waals surface area contributed by atoms with Crippen LogP contribution in [0.5, 0.6) is 0 Å². The van der Waals surface area contributed by atoms with Crippen molar-refractivity contribution >= 4 is 17.7 Å². The van der Waals surface area contributed by atoms with Gasteiger partial charge in [0.05, 0.1) is 7.11 Å². The Labute approximate surface area is 122 Å². The van der Waals surface area contributed by atoms with Crippen molar-refractivity contribution in [3.05, 3.63) is 29.8 Å². The van der Waals surface area contributed by atoms with Crippen LogP contribution < -0.4 is 0 Å². The number of aryl methyl sites for hydroxylation is 1. The monoisotopic (exact) mass is 291 g/mol. The molecule has 0 unspecified atom stereocenters. The van der Waals surface area contributed by atoms with Crippen molar-refractivity contribution < 1.29 is 9.53 Å². The molecule has 6 heteroatoms. The molecule has 0 radical (unpaired) electrons. The highest BCUT2D eigenvalue weighted by atomic mass is 32.2. The number of nitrogens with zero attached hydrogens (tertiary/aromatic N) is 3. The van der Waals surface area contributed by atoms with E-state index in [1.807, 2.05) is 36.7 Å². The topological polar surface area (TPSA) is 57.0 Å². The number of methoxy groups -OCH3 is 1. The Kier molecular flexibility index (Phi) is 4.44. The minimum atomic E-state index is -0.312. The summed E-state index contributed by atoms with van der Waals surface area (Å²) in [6, 6.07) is 8.08. The fraction of sp³-hybridized carbons (Fsp3) is 0.357. The average molecular weight is 291 g/mol. The molecule has 0 aliphatic heterocycles. The van der Waals surface area contributed by atoms with E-state index >= 15 is 0 Å². The minimum Gasteiger partial charge on any atom is -0.468 e. The van der Waals surface area contributed by atoms with Crippen molar-refractivity contribution in [3.8, 4) is 11.4 Å². The van der Waals surface area contributed by atoms with Gasteiger partial charge in [-0.1, -0.05) is 35.5 Å². The number of hydrogen-bond acceptors (Lipinski definition) is 5. The first-order valence-corrected chi connectivity index (χ1v) is 7.12. The number of hydrogen-bond donors (Lipinski definition) is 0. The summed E-state index contributed by atoms with van der Waals surface area (Å²) in [4.78, 5) is 11.4. The Hall–Kier alpha value is -1.82. The summed E-state index contributed by atoms with van der Waals surface area (Å²) in [5.41, 5.74) is 2.18. The standard InChI is InChI=1S/C14H17N3O2S/c1-9-6-5-7-11(8-9)12-15-16-14(17(12)3)20-10(2)13(18)19-4/h5-8,10H,1-4H3/t10-/m1/s1. The fourth-order valence-corrected chi connectivity index (χ4v) is 2.67. The van der Waals surface area contributed by atoms with Crippen LogP contribution in [-0.2, 0) is 16.6 Å². The minimum absolute atomic E-state index is 0.268. The van der Waals surface area contributed by atoms with E-state index in [2.05, 4.69) is 16.3 Å². The molecule has 1 aromatic carbocycles. The molecule has 1 heterocycles. The van der Waals surface area contributed by atoms with E-state index in [0.29, 0.717) is 5.16 Å². The van der Waals surface area contributed by atoms with Crippen LogP contribution in [0.15, 0.2) is 29.4 Å². The average Bonchev–Trinajstić information content (AvgIpc) is 2.79. The zero-order valence-electron chi connectivity index (χ0n) is 12.0. The zero-order chi connectivity index (χ0) is 14.7. The number of rotatable bonds is 4. The van der Waals surface area contributed by atoms with Crippen LogP contribution in [0.1, 0.15) is 12.5 Å². The Morgan fingerprint density at radius 2 is 2.15 bits per heavy atom. The molecule has 0 saturated carbocycles. The second-order valence-corrected chi connectivity index (χ2v) is 5.83. The highest BCUT2D eigenvalue weighted by Crippen LogP contribution is 2.26. The number of carbonyl (C=O) groups excluding carboxylic acids is 1. The van der Waals surface area contributed by atoms with Gasteiger partial charge in [-0.15, -0.1) is 10.2 Å². The molecule has 0 bridgehead atoms. The maximum atomic E-state index is 11.4. The van der Waals surface area contributed by atoms with Crippen LogP contribution in [0.2, 0.25) is 0 Å². The van der Waals surface area contributed by atoms with Crippen LogP contribution >= 0.6 is 11.8 Å². The summed E-state index contributed by atoms with van der Waals surface area (Å²) in [7, 11) is 3.28. The van der Waals surface area contributed by atoms with Crippen LogP contribution in [0.4, 0.5) is 0 Å². The number of aromatic nitrogens is 3. The summed E-state index contributed by atoms with van der Waals surface area (Å²) in [5, 5.41) is 8.73. The molecule has 5 nitrogen and oxygen atoms in total. The SMILES string of the molecule is COC(=O)[C@@H](C)Sc1nnc(-c2cccc(C)c2)n1C. The maximum absolute atomic E-state index is 11.4. The molecule has 20 heavy (non-hydrogen) atoms. The van der Waals surface area contributed by atoms with Crippen LogP contribution in [0.25, 0.3) is 11.4 Å². The molecule has 0 N–H and O–H groups in total. The summed E-state index contributed by atoms with van der Waals surface area (Å²) in [6.45, 7) is 3.83. The van der Waals surface area contributed by atoms with Crippen molar-refractivity contribution in [2.24, 2.45) is 7.05 Å². The molecule has 0 amide bonds. The second kappa shape index (κ2) is 6.09. The Bertz CT molecular complexity index is 625. The number of benzene rings is 1. The number of ether oxygens (including phenoxy) is 1. The second-order valence-electron chi connectivity index (χ2n) is 4.52. The van der Waals surface area contributed by atoms with E-state index in [9.17, 15) is 4.79 Å². The molecule has 1 aromatic heterocycles. The quantitative estimate of drug-likeness (QED) is 0.639. The van der Waals surface area contributed by atoms with E-state index in [1.54, 1.807) is 6.92 Å². The number of esters is 1. The summed E-state index contributed by atoms with van der Waals surface area (Å²) >= 11 is 1.34. The van der Waals surface area contributed by atoms with Crippen molar-refractivity contribution in [2.45, 2.75) is 24.3 Å². The highest BCUT2D eigenvalue weighted by Gasteiger charge is 2.19. The molecular weight excluding hydrogens is 274 g/mol. The fourth-order valence-electron chi connectivity index (χ4n) is 1.83. The van der Waals surface area contributed by atoms with Crippen molar-refractivity contribution in [2.75, 3.05) is 7.11 Å². The van der Waals surface area contributed by atoms with Gasteiger partial charge < -0.3 is 9.30 Å². The van der Waals surface area contributed by atoms with Gasteiger partial charge in [0.25, 0.3) is 0 Å². The van der Waals surface area contributed by atoms with Crippen molar-refractivity contribution in [1.82, 2.24) is 14.8 Å². The van der Waals surface area contributed by atoms with Gasteiger partial charge in [-0.2, -0.15) is 0 Å². The van der Waals surface area contributed by atoms with E-state index in [4.69, 9.17) is 4.74 Å². The first-order chi connectivity index (χ1) is 9.52. The lowest BCUT2D eigenvalue weighted by Crippen LogP contribution is -2.15. The predicted octanol–water partition coefficient (Wildman–Crippen LogP) is 2.44. The zero-order valence-corrected chi connectivity index (χ0v) is 12.8. The molecule has 1 atom stereocenters. The molecule has 0 saturated heterocycles. The van der Waals surface area contributed by atoms with Gasteiger partial charge in [0, 0.05) is 12.6 Å². The van der Waals surface area contributed by atoms with Gasteiger partial charge >= 0.3 is 5.97 Å². The highest BCUT2D eigenvalue weighted by molar-refractivity contribution is 8.00. The summed E-state index contributed by atoms with van der Waals surface area (Å²) in [6.07, 6.45) is 0. The van der Waals surface area contributed by atoms with E-state index in [-0.39, 0.29) is 11.2 Å². The largest absolute Gasteiger partial charge is 0.468 e. The summed E-state index contributed by atoms with van der Waals surface area (Å²) < 4.78 is 6.60. The predicted molar refractivity (Wildman–Crippen MR) is 78.5 cm³/mol. The third-order valence-corrected chi connectivity index (χ3v) is 4.04. The van der Waals surface area contributed by atoms with Gasteiger partial charge in [0.1, 0.15) is 5.25 Å². The molecular formula is C14H17N3O2S. The van der Waals surface area contributed by atoms with E-state index in [1.165, 1.54) is 24.4 Å². The van der Waals surface area contributed by atoms with Crippen molar-refractivity contribution in [3.63, 3.8) is 0 Å². The molecule has 2 rings (SSSR count). The number of carbonyl (C=O) groups is 1. The molecule has 0 aliphatic rings. The molecule has 0 aliphatic carbocycles. The third kappa shape index (κ3) is 3.01. The lowest BCUT2D eigenvalue weighted by Gasteiger charge is -2.08. The Balaban J connectivity index is 2.25. The molecule has 0 fully saturated rings. The normalized spacial score (nSPS) is 12.2. The van der Waals surface area contributed by atoms with Gasteiger partial charge in [0.2, 0.25) is 0 Å². The molecule has 106 valence electrons. The Morgan fingerprint density at radius 3 is 2.80 bits per heavy atom. The van der Waals surface area contributed by atoms with Crippen LogP contribution in [-0.4, -0.2) is 33.1 Å².